The molecular weight excluding hydrogens is 983 g/mol. The van der Waals surface area contributed by atoms with Crippen LogP contribution < -0.4 is 22.1 Å². The Kier molecular flexibility index (Phi) is 19.5. The van der Waals surface area contributed by atoms with E-state index in [0.29, 0.717) is 33.2 Å². The van der Waals surface area contributed by atoms with E-state index in [2.05, 4.69) is 30.6 Å². The van der Waals surface area contributed by atoms with Crippen LogP contribution in [0, 0.1) is 23.5 Å². The molecule has 0 aliphatic carbocycles. The van der Waals surface area contributed by atoms with Crippen molar-refractivity contribution in [1.29, 1.82) is 0 Å². The van der Waals surface area contributed by atoms with E-state index in [1.807, 2.05) is 0 Å². The Morgan fingerprint density at radius 3 is 1.30 bits per heavy atom. The Bertz CT molecular complexity index is 2880. The van der Waals surface area contributed by atoms with Gasteiger partial charge in [0.15, 0.2) is 0 Å². The number of nitrogens with one attached hydrogen (secondary N) is 2. The normalized spacial score (nSPS) is 14.3. The van der Waals surface area contributed by atoms with E-state index < -0.39 is 94.5 Å². The molecule has 0 bridgehead atoms. The molecule has 76 heavy (non-hydrogen) atoms. The minimum absolute atomic E-state index is 0.0157. The summed E-state index contributed by atoms with van der Waals surface area (Å²) in [5.41, 5.74) is 12.1. The lowest BCUT2D eigenvalue weighted by Gasteiger charge is -2.29. The Morgan fingerprint density at radius 2 is 0.947 bits per heavy atom. The van der Waals surface area contributed by atoms with Crippen molar-refractivity contribution in [3.63, 3.8) is 0 Å². The van der Waals surface area contributed by atoms with Gasteiger partial charge in [0.2, 0.25) is 11.8 Å². The fraction of sp³-hybridized carbons (Fsp3) is 0.357. The number of aliphatic hydroxyl groups is 2. The standard InChI is InChI=1S/C56H62F2N8O10/c1-55(2,23-21-35(51(59)71)29-47(67)43(27-33-11-9-13-37(57)25-33)65-53(73)45-31-61-39-15-5-7-17-41(39)63-45)75-49(69)19-20-50(70)76-56(3,4)24-22-36(52(60)72)30-48(68)44(28-34-12-10-14-38(58)26-34)66-54(74)46-32-62-40-16-6-8-18-42(40)64-46/h5-20,25-26,31-32,35-36,43-44,47-48,67-68H,21-24,27-30H2,1-4H3,(H2,59,71)(H2,60,72)(H,65,73)(H,66,74)/b20-19-. The zero-order valence-electron chi connectivity index (χ0n) is 42.5. The van der Waals surface area contributed by atoms with Gasteiger partial charge in [-0.2, -0.15) is 0 Å². The summed E-state index contributed by atoms with van der Waals surface area (Å²) >= 11 is 0. The van der Waals surface area contributed by atoms with Crippen molar-refractivity contribution in [3.8, 4) is 0 Å². The van der Waals surface area contributed by atoms with Gasteiger partial charge in [0, 0.05) is 24.0 Å². The van der Waals surface area contributed by atoms with E-state index in [1.165, 1.54) is 48.8 Å². The zero-order chi connectivity index (χ0) is 55.2. The first-order chi connectivity index (χ1) is 36.0. The first kappa shape index (κ1) is 57.2. The van der Waals surface area contributed by atoms with Crippen molar-refractivity contribution in [2.24, 2.45) is 23.3 Å². The molecule has 4 aromatic carbocycles. The maximum Gasteiger partial charge on any atom is 0.331 e. The summed E-state index contributed by atoms with van der Waals surface area (Å²) < 4.78 is 39.6. The summed E-state index contributed by atoms with van der Waals surface area (Å²) in [6, 6.07) is 23.1. The number of hydrogen-bond acceptors (Lipinski definition) is 14. The number of amides is 4. The van der Waals surface area contributed by atoms with Gasteiger partial charge >= 0.3 is 11.9 Å². The molecule has 0 aliphatic rings. The monoisotopic (exact) mass is 1040 g/mol. The second kappa shape index (κ2) is 25.9. The molecule has 6 atom stereocenters. The van der Waals surface area contributed by atoms with Crippen LogP contribution >= 0.6 is 0 Å². The summed E-state index contributed by atoms with van der Waals surface area (Å²) in [5.74, 6) is -7.65. The summed E-state index contributed by atoms with van der Waals surface area (Å²) in [5, 5.41) is 28.6. The van der Waals surface area contributed by atoms with Crippen LogP contribution in [0.2, 0.25) is 0 Å². The molecule has 6 unspecified atom stereocenters. The molecule has 8 N–H and O–H groups in total. The van der Waals surface area contributed by atoms with Crippen molar-refractivity contribution < 1.29 is 57.2 Å². The Labute approximate surface area is 437 Å². The highest BCUT2D eigenvalue weighted by molar-refractivity contribution is 5.95. The number of ether oxygens (including phenoxy) is 2. The number of fused-ring (bicyclic) bond motifs is 2. The quantitative estimate of drug-likeness (QED) is 0.0281. The van der Waals surface area contributed by atoms with Crippen LogP contribution in [-0.2, 0) is 41.5 Å². The van der Waals surface area contributed by atoms with Crippen LogP contribution in [0.4, 0.5) is 8.78 Å². The average molecular weight is 1050 g/mol. The number of rotatable bonds is 26. The molecular formula is C56H62F2N8O10. The third kappa shape index (κ3) is 17.2. The lowest BCUT2D eigenvalue weighted by molar-refractivity contribution is -0.154. The summed E-state index contributed by atoms with van der Waals surface area (Å²) in [4.78, 5) is 95.7. The first-order valence-corrected chi connectivity index (χ1v) is 24.7. The summed E-state index contributed by atoms with van der Waals surface area (Å²) in [7, 11) is 0. The van der Waals surface area contributed by atoms with Gasteiger partial charge in [-0.05, 0) is 139 Å². The van der Waals surface area contributed by atoms with Crippen LogP contribution in [-0.4, -0.2) is 101 Å². The summed E-state index contributed by atoms with van der Waals surface area (Å²) in [6.07, 6.45) is 1.36. The first-order valence-electron chi connectivity index (χ1n) is 24.7. The van der Waals surface area contributed by atoms with Gasteiger partial charge in [-0.3, -0.25) is 29.1 Å². The molecule has 18 nitrogen and oxygen atoms in total. The van der Waals surface area contributed by atoms with Crippen molar-refractivity contribution in [2.45, 2.75) is 115 Å². The Hall–Kier alpha value is -8.10. The highest BCUT2D eigenvalue weighted by Crippen LogP contribution is 2.27. The lowest BCUT2D eigenvalue weighted by atomic mass is 9.87. The largest absolute Gasteiger partial charge is 0.457 e. The van der Waals surface area contributed by atoms with E-state index in [1.54, 1.807) is 88.4 Å². The van der Waals surface area contributed by atoms with Gasteiger partial charge in [0.25, 0.3) is 11.8 Å². The number of hydrogen-bond donors (Lipinski definition) is 6. The molecule has 0 spiro atoms. The smallest absolute Gasteiger partial charge is 0.331 e. The van der Waals surface area contributed by atoms with Crippen molar-refractivity contribution in [3.05, 3.63) is 156 Å². The van der Waals surface area contributed by atoms with Gasteiger partial charge in [0.05, 0.1) is 58.8 Å². The third-order valence-corrected chi connectivity index (χ3v) is 12.8. The van der Waals surface area contributed by atoms with Crippen molar-refractivity contribution >= 4 is 57.6 Å². The Balaban J connectivity index is 1.01. The number of nitrogens with zero attached hydrogens (tertiary/aromatic N) is 4. The predicted molar refractivity (Wildman–Crippen MR) is 276 cm³/mol. The van der Waals surface area contributed by atoms with E-state index in [0.717, 1.165) is 12.2 Å². The van der Waals surface area contributed by atoms with Gasteiger partial charge in [-0.1, -0.05) is 48.5 Å². The highest BCUT2D eigenvalue weighted by Gasteiger charge is 2.33. The van der Waals surface area contributed by atoms with Crippen LogP contribution in [0.5, 0.6) is 0 Å². The molecule has 0 saturated heterocycles. The molecule has 0 aliphatic heterocycles. The minimum Gasteiger partial charge on any atom is -0.457 e. The molecule has 6 aromatic rings. The van der Waals surface area contributed by atoms with E-state index in [4.69, 9.17) is 20.9 Å². The van der Waals surface area contributed by atoms with Crippen LogP contribution in [0.3, 0.4) is 0 Å². The molecule has 0 radical (unpaired) electrons. The van der Waals surface area contributed by atoms with Crippen molar-refractivity contribution in [1.82, 2.24) is 30.6 Å². The minimum atomic E-state index is -1.36. The second-order valence-corrected chi connectivity index (χ2v) is 19.9. The number of carbonyl (C=O) groups excluding carboxylic acids is 6. The molecule has 4 amide bonds. The zero-order valence-corrected chi connectivity index (χ0v) is 42.5. The molecule has 2 aromatic heterocycles. The average Bonchev–Trinajstić information content (AvgIpc) is 3.37. The summed E-state index contributed by atoms with van der Waals surface area (Å²) in [6.45, 7) is 6.32. The number of aromatic nitrogens is 4. The van der Waals surface area contributed by atoms with Crippen LogP contribution in [0.15, 0.2) is 122 Å². The van der Waals surface area contributed by atoms with E-state index in [9.17, 15) is 47.8 Å². The number of primary amides is 2. The van der Waals surface area contributed by atoms with Crippen LogP contribution in [0.1, 0.15) is 98.3 Å². The van der Waals surface area contributed by atoms with E-state index in [-0.39, 0.29) is 62.8 Å². The molecule has 400 valence electrons. The van der Waals surface area contributed by atoms with E-state index >= 15 is 0 Å². The van der Waals surface area contributed by atoms with Gasteiger partial charge < -0.3 is 41.8 Å². The molecule has 2 heterocycles. The number of benzene rings is 4. The maximum atomic E-state index is 14.2. The Morgan fingerprint density at radius 1 is 0.579 bits per heavy atom. The SMILES string of the molecule is CC(C)(CCC(CC(O)C(Cc1cccc(F)c1)NC(=O)c1cnc2ccccc2n1)C(N)=O)OC(=O)/C=C\C(=O)OC(C)(C)CCC(CC(O)C(Cc1cccc(F)c1)NC(=O)c1cnc2ccccc2n1)C(N)=O. The predicted octanol–water partition coefficient (Wildman–Crippen LogP) is 5.70. The molecule has 0 saturated carbocycles. The van der Waals surface area contributed by atoms with Gasteiger partial charge in [-0.25, -0.2) is 28.3 Å². The number of carbonyl (C=O) groups is 6. The third-order valence-electron chi connectivity index (χ3n) is 12.8. The van der Waals surface area contributed by atoms with Crippen molar-refractivity contribution in [2.75, 3.05) is 0 Å². The topological polar surface area (TPSA) is 289 Å². The lowest BCUT2D eigenvalue weighted by Crippen LogP contribution is -2.46. The molecule has 6 rings (SSSR count). The second-order valence-electron chi connectivity index (χ2n) is 19.9. The number of aliphatic hydroxyl groups excluding tert-OH is 2. The fourth-order valence-electron chi connectivity index (χ4n) is 8.58. The molecule has 20 heteroatoms. The maximum absolute atomic E-state index is 14.2. The number of para-hydroxylation sites is 4. The number of esters is 2. The van der Waals surface area contributed by atoms with Crippen LogP contribution in [0.25, 0.3) is 22.1 Å². The van der Waals surface area contributed by atoms with Gasteiger partial charge in [0.1, 0.15) is 34.2 Å². The molecule has 0 fully saturated rings. The highest BCUT2D eigenvalue weighted by atomic mass is 19.1. The van der Waals surface area contributed by atoms with Gasteiger partial charge in [-0.15, -0.1) is 0 Å². The number of halogens is 2. The number of nitrogens with two attached hydrogens (primary N) is 2. The fourth-order valence-corrected chi connectivity index (χ4v) is 8.58.